The smallest absolute Gasteiger partial charge is 0.249 e. The van der Waals surface area contributed by atoms with Crippen LogP contribution in [0.25, 0.3) is 0 Å². The molecule has 0 aliphatic carbocycles. The first kappa shape index (κ1) is 13.8. The molecule has 0 unspecified atom stereocenters. The standard InChI is InChI=1S/C8H4Br2F5N/c9-1-3-5(8(13,14)15)4(7(11)12)2-16-6(3)10/h2,7H,1H2. The fourth-order valence-corrected chi connectivity index (χ4v) is 2.53. The molecule has 1 heterocycles. The molecule has 0 amide bonds. The van der Waals surface area contributed by atoms with Crippen molar-refractivity contribution in [1.82, 2.24) is 4.98 Å². The summed E-state index contributed by atoms with van der Waals surface area (Å²) in [7, 11) is 0. The zero-order valence-electron chi connectivity index (χ0n) is 7.45. The number of aromatic nitrogens is 1. The molecule has 1 rings (SSSR count). The molecule has 1 nitrogen and oxygen atoms in total. The highest BCUT2D eigenvalue weighted by Gasteiger charge is 2.39. The lowest BCUT2D eigenvalue weighted by molar-refractivity contribution is -0.140. The zero-order chi connectivity index (χ0) is 12.5. The average molecular weight is 369 g/mol. The van der Waals surface area contributed by atoms with E-state index in [4.69, 9.17) is 0 Å². The zero-order valence-corrected chi connectivity index (χ0v) is 10.6. The van der Waals surface area contributed by atoms with Gasteiger partial charge in [0.25, 0.3) is 6.43 Å². The van der Waals surface area contributed by atoms with Crippen molar-refractivity contribution in [3.8, 4) is 0 Å². The number of nitrogens with zero attached hydrogens (tertiary/aromatic N) is 1. The van der Waals surface area contributed by atoms with E-state index in [-0.39, 0.29) is 15.5 Å². The Morgan fingerprint density at radius 2 is 1.88 bits per heavy atom. The number of hydrogen-bond donors (Lipinski definition) is 0. The lowest BCUT2D eigenvalue weighted by Gasteiger charge is -2.16. The van der Waals surface area contributed by atoms with Crippen LogP contribution in [0, 0.1) is 0 Å². The highest BCUT2D eigenvalue weighted by atomic mass is 79.9. The third-order valence-corrected chi connectivity index (χ3v) is 3.05. The van der Waals surface area contributed by atoms with Crippen LogP contribution >= 0.6 is 31.9 Å². The van der Waals surface area contributed by atoms with Crippen LogP contribution in [0.2, 0.25) is 0 Å². The van der Waals surface area contributed by atoms with Gasteiger partial charge in [-0.25, -0.2) is 13.8 Å². The molecular weight excluding hydrogens is 365 g/mol. The molecule has 0 spiro atoms. The van der Waals surface area contributed by atoms with E-state index in [2.05, 4.69) is 36.8 Å². The quantitative estimate of drug-likeness (QED) is 0.419. The van der Waals surface area contributed by atoms with Crippen LogP contribution in [-0.4, -0.2) is 4.98 Å². The third-order valence-electron chi connectivity index (χ3n) is 1.81. The molecule has 0 saturated heterocycles. The minimum atomic E-state index is -4.83. The summed E-state index contributed by atoms with van der Waals surface area (Å²) in [5.41, 5.74) is -2.77. The summed E-state index contributed by atoms with van der Waals surface area (Å²) < 4.78 is 62.7. The summed E-state index contributed by atoms with van der Waals surface area (Å²) in [6, 6.07) is 0. The lowest BCUT2D eigenvalue weighted by atomic mass is 10.1. The maximum atomic E-state index is 12.6. The Hall–Kier alpha value is -0.240. The van der Waals surface area contributed by atoms with Crippen molar-refractivity contribution in [3.05, 3.63) is 27.5 Å². The molecule has 8 heteroatoms. The molecule has 0 aliphatic rings. The second-order valence-corrected chi connectivity index (χ2v) is 4.10. The summed E-state index contributed by atoms with van der Waals surface area (Å²) in [6.45, 7) is 0. The summed E-state index contributed by atoms with van der Waals surface area (Å²) in [6.07, 6.45) is -7.51. The predicted octanol–water partition coefficient (Wildman–Crippen LogP) is 4.70. The fourth-order valence-electron chi connectivity index (χ4n) is 1.17. The van der Waals surface area contributed by atoms with E-state index in [1.165, 1.54) is 0 Å². The molecule has 0 N–H and O–H groups in total. The first-order valence-electron chi connectivity index (χ1n) is 3.87. The SMILES string of the molecule is FC(F)c1cnc(Br)c(CBr)c1C(F)(F)F. The van der Waals surface area contributed by atoms with Crippen molar-refractivity contribution in [2.45, 2.75) is 17.9 Å². The second-order valence-electron chi connectivity index (χ2n) is 2.79. The number of pyridine rings is 1. The van der Waals surface area contributed by atoms with Gasteiger partial charge < -0.3 is 0 Å². The topological polar surface area (TPSA) is 12.9 Å². The van der Waals surface area contributed by atoms with Crippen LogP contribution in [0.3, 0.4) is 0 Å². The van der Waals surface area contributed by atoms with Gasteiger partial charge in [-0.15, -0.1) is 0 Å². The van der Waals surface area contributed by atoms with Gasteiger partial charge in [-0.1, -0.05) is 15.9 Å². The van der Waals surface area contributed by atoms with Crippen molar-refractivity contribution >= 4 is 31.9 Å². The van der Waals surface area contributed by atoms with E-state index in [1.54, 1.807) is 0 Å². The molecule has 0 aliphatic heterocycles. The Kier molecular flexibility index (Phi) is 4.28. The molecule has 0 bridgehead atoms. The van der Waals surface area contributed by atoms with Gasteiger partial charge in [0.15, 0.2) is 0 Å². The molecule has 1 aromatic heterocycles. The van der Waals surface area contributed by atoms with Gasteiger partial charge in [-0.05, 0) is 15.9 Å². The highest BCUT2D eigenvalue weighted by Crippen LogP contribution is 2.40. The molecule has 90 valence electrons. The first-order chi connectivity index (χ1) is 7.29. The second kappa shape index (κ2) is 4.95. The molecule has 0 fully saturated rings. The number of alkyl halides is 6. The molecule has 0 aromatic carbocycles. The monoisotopic (exact) mass is 367 g/mol. The van der Waals surface area contributed by atoms with Crippen LogP contribution in [0.5, 0.6) is 0 Å². The van der Waals surface area contributed by atoms with Crippen molar-refractivity contribution in [1.29, 1.82) is 0 Å². The van der Waals surface area contributed by atoms with Gasteiger partial charge in [0, 0.05) is 22.7 Å². The molecule has 0 saturated carbocycles. The van der Waals surface area contributed by atoms with Gasteiger partial charge in [0.2, 0.25) is 0 Å². The van der Waals surface area contributed by atoms with Crippen molar-refractivity contribution < 1.29 is 22.0 Å². The van der Waals surface area contributed by atoms with E-state index < -0.39 is 23.7 Å². The Bertz CT molecular complexity index is 391. The van der Waals surface area contributed by atoms with Crippen LogP contribution in [0.15, 0.2) is 10.8 Å². The summed E-state index contributed by atoms with van der Waals surface area (Å²) in [5, 5.41) is -0.212. The van der Waals surface area contributed by atoms with Crippen LogP contribution in [-0.2, 0) is 11.5 Å². The number of rotatable bonds is 2. The maximum Gasteiger partial charge on any atom is 0.417 e. The molecule has 0 atom stereocenters. The Labute approximate surface area is 104 Å². The van der Waals surface area contributed by atoms with Crippen LogP contribution in [0.1, 0.15) is 23.1 Å². The van der Waals surface area contributed by atoms with Gasteiger partial charge in [0.1, 0.15) is 4.60 Å². The number of hydrogen-bond acceptors (Lipinski definition) is 1. The summed E-state index contributed by atoms with van der Waals surface area (Å²) >= 11 is 5.62. The largest absolute Gasteiger partial charge is 0.417 e. The van der Waals surface area contributed by atoms with Crippen molar-refractivity contribution in [2.24, 2.45) is 0 Å². The predicted molar refractivity (Wildman–Crippen MR) is 54.5 cm³/mol. The van der Waals surface area contributed by atoms with E-state index in [1.807, 2.05) is 0 Å². The molecule has 0 radical (unpaired) electrons. The van der Waals surface area contributed by atoms with E-state index in [9.17, 15) is 22.0 Å². The summed E-state index contributed by atoms with van der Waals surface area (Å²) in [4.78, 5) is 3.45. The van der Waals surface area contributed by atoms with Gasteiger partial charge >= 0.3 is 6.18 Å². The van der Waals surface area contributed by atoms with Crippen molar-refractivity contribution in [2.75, 3.05) is 0 Å². The van der Waals surface area contributed by atoms with Crippen LogP contribution < -0.4 is 0 Å². The summed E-state index contributed by atoms with van der Waals surface area (Å²) in [5.74, 6) is 0. The maximum absolute atomic E-state index is 12.6. The van der Waals surface area contributed by atoms with E-state index >= 15 is 0 Å². The first-order valence-corrected chi connectivity index (χ1v) is 5.79. The minimum absolute atomic E-state index is 0.0962. The lowest BCUT2D eigenvalue weighted by Crippen LogP contribution is -2.14. The van der Waals surface area contributed by atoms with Crippen LogP contribution in [0.4, 0.5) is 22.0 Å². The number of halogens is 7. The van der Waals surface area contributed by atoms with Gasteiger partial charge in [-0.3, -0.25) is 0 Å². The average Bonchev–Trinajstić information content (AvgIpc) is 2.15. The normalized spacial score (nSPS) is 12.2. The Balaban J connectivity index is 3.54. The van der Waals surface area contributed by atoms with Gasteiger partial charge in [-0.2, -0.15) is 13.2 Å². The third kappa shape index (κ3) is 2.71. The van der Waals surface area contributed by atoms with E-state index in [0.717, 1.165) is 0 Å². The van der Waals surface area contributed by atoms with Gasteiger partial charge in [0.05, 0.1) is 5.56 Å². The van der Waals surface area contributed by atoms with Crippen molar-refractivity contribution in [3.63, 3.8) is 0 Å². The Morgan fingerprint density at radius 1 is 1.31 bits per heavy atom. The highest BCUT2D eigenvalue weighted by molar-refractivity contribution is 9.10. The molecular formula is C8H4Br2F5N. The minimum Gasteiger partial charge on any atom is -0.249 e. The molecule has 1 aromatic rings. The fraction of sp³-hybridized carbons (Fsp3) is 0.375. The molecule has 16 heavy (non-hydrogen) atoms. The van der Waals surface area contributed by atoms with E-state index in [0.29, 0.717) is 6.20 Å². The Morgan fingerprint density at radius 3 is 2.25 bits per heavy atom.